The first-order valence-corrected chi connectivity index (χ1v) is 8.27. The SMILES string of the molecule is COc1cc(/C=C2/SC(=S)NC2=O)ccc1OCCC(C)C. The maximum atomic E-state index is 11.7. The van der Waals surface area contributed by atoms with Crippen molar-refractivity contribution < 1.29 is 14.3 Å². The molecule has 2 rings (SSSR count). The third-order valence-corrected chi connectivity index (χ3v) is 4.24. The van der Waals surface area contributed by atoms with Crippen LogP contribution in [0.5, 0.6) is 11.5 Å². The highest BCUT2D eigenvalue weighted by molar-refractivity contribution is 8.26. The van der Waals surface area contributed by atoms with Gasteiger partial charge in [0.05, 0.1) is 18.6 Å². The van der Waals surface area contributed by atoms with Crippen LogP contribution >= 0.6 is 24.0 Å². The van der Waals surface area contributed by atoms with Gasteiger partial charge in [-0.25, -0.2) is 0 Å². The minimum atomic E-state index is -0.161. The number of amides is 1. The first-order valence-electron chi connectivity index (χ1n) is 7.05. The number of thioether (sulfide) groups is 1. The van der Waals surface area contributed by atoms with Gasteiger partial charge in [0, 0.05) is 0 Å². The first kappa shape index (κ1) is 16.8. The Balaban J connectivity index is 2.13. The normalized spacial score (nSPS) is 16.3. The summed E-state index contributed by atoms with van der Waals surface area (Å²) in [5, 5.41) is 2.60. The highest BCUT2D eigenvalue weighted by Gasteiger charge is 2.22. The topological polar surface area (TPSA) is 47.6 Å². The lowest BCUT2D eigenvalue weighted by Gasteiger charge is -2.12. The van der Waals surface area contributed by atoms with E-state index in [9.17, 15) is 4.79 Å². The van der Waals surface area contributed by atoms with Crippen molar-refractivity contribution in [3.63, 3.8) is 0 Å². The molecule has 118 valence electrons. The van der Waals surface area contributed by atoms with Gasteiger partial charge in [-0.15, -0.1) is 0 Å². The molecule has 0 aromatic heterocycles. The molecular weight excluding hydrogens is 318 g/mol. The maximum absolute atomic E-state index is 11.7. The molecule has 0 atom stereocenters. The minimum absolute atomic E-state index is 0.161. The Morgan fingerprint density at radius 2 is 2.14 bits per heavy atom. The van der Waals surface area contributed by atoms with Gasteiger partial charge in [-0.3, -0.25) is 4.79 Å². The molecule has 6 heteroatoms. The molecule has 0 aliphatic carbocycles. The fourth-order valence-electron chi connectivity index (χ4n) is 1.87. The van der Waals surface area contributed by atoms with E-state index in [4.69, 9.17) is 21.7 Å². The van der Waals surface area contributed by atoms with Crippen molar-refractivity contribution in [2.24, 2.45) is 5.92 Å². The van der Waals surface area contributed by atoms with Crippen LogP contribution in [0, 0.1) is 5.92 Å². The molecule has 0 unspecified atom stereocenters. The van der Waals surface area contributed by atoms with Crippen LogP contribution in [-0.4, -0.2) is 23.9 Å². The van der Waals surface area contributed by atoms with Crippen LogP contribution in [-0.2, 0) is 4.79 Å². The van der Waals surface area contributed by atoms with Gasteiger partial charge >= 0.3 is 0 Å². The Hall–Kier alpha value is -1.53. The molecular formula is C16H19NO3S2. The predicted octanol–water partition coefficient (Wildman–Crippen LogP) is 3.61. The summed E-state index contributed by atoms with van der Waals surface area (Å²) in [6.07, 6.45) is 2.78. The molecule has 0 saturated carbocycles. The van der Waals surface area contributed by atoms with E-state index in [1.165, 1.54) is 11.8 Å². The van der Waals surface area contributed by atoms with E-state index in [0.29, 0.717) is 33.2 Å². The second-order valence-corrected chi connectivity index (χ2v) is 7.01. The van der Waals surface area contributed by atoms with Crippen LogP contribution < -0.4 is 14.8 Å². The lowest BCUT2D eigenvalue weighted by molar-refractivity contribution is -0.115. The predicted molar refractivity (Wildman–Crippen MR) is 94.3 cm³/mol. The van der Waals surface area contributed by atoms with Crippen LogP contribution in [0.15, 0.2) is 23.1 Å². The summed E-state index contributed by atoms with van der Waals surface area (Å²) in [6, 6.07) is 5.61. The first-order chi connectivity index (χ1) is 10.5. The molecule has 1 amide bonds. The van der Waals surface area contributed by atoms with Crippen LogP contribution in [0.2, 0.25) is 0 Å². The summed E-state index contributed by atoms with van der Waals surface area (Å²) >= 11 is 6.24. The molecule has 1 aliphatic rings. The van der Waals surface area contributed by atoms with E-state index < -0.39 is 0 Å². The molecule has 1 fully saturated rings. The number of nitrogens with one attached hydrogen (secondary N) is 1. The van der Waals surface area contributed by atoms with Gasteiger partial charge in [0.15, 0.2) is 11.5 Å². The van der Waals surface area contributed by atoms with Gasteiger partial charge in [-0.1, -0.05) is 43.9 Å². The van der Waals surface area contributed by atoms with E-state index >= 15 is 0 Å². The molecule has 4 nitrogen and oxygen atoms in total. The lowest BCUT2D eigenvalue weighted by Crippen LogP contribution is -2.17. The van der Waals surface area contributed by atoms with Gasteiger partial charge in [0.25, 0.3) is 5.91 Å². The van der Waals surface area contributed by atoms with Crippen molar-refractivity contribution >= 4 is 40.3 Å². The Morgan fingerprint density at radius 1 is 1.36 bits per heavy atom. The zero-order valence-corrected chi connectivity index (χ0v) is 14.5. The number of carbonyl (C=O) groups is 1. The summed E-state index contributed by atoms with van der Waals surface area (Å²) in [5.74, 6) is 1.80. The molecule has 0 radical (unpaired) electrons. The Labute approximate surface area is 140 Å². The number of benzene rings is 1. The van der Waals surface area contributed by atoms with E-state index in [1.807, 2.05) is 18.2 Å². The third kappa shape index (κ3) is 4.48. The van der Waals surface area contributed by atoms with Crippen molar-refractivity contribution in [3.05, 3.63) is 28.7 Å². The molecule has 1 aromatic carbocycles. The smallest absolute Gasteiger partial charge is 0.263 e. The largest absolute Gasteiger partial charge is 0.493 e. The Morgan fingerprint density at radius 3 is 2.73 bits per heavy atom. The monoisotopic (exact) mass is 337 g/mol. The summed E-state index contributed by atoms with van der Waals surface area (Å²) in [6.45, 7) is 4.97. The van der Waals surface area contributed by atoms with Crippen LogP contribution in [0.4, 0.5) is 0 Å². The number of carbonyl (C=O) groups excluding carboxylic acids is 1. The summed E-state index contributed by atoms with van der Waals surface area (Å²) in [4.78, 5) is 12.3. The number of methoxy groups -OCH3 is 1. The van der Waals surface area contributed by atoms with Crippen LogP contribution in [0.25, 0.3) is 6.08 Å². The van der Waals surface area contributed by atoms with Gasteiger partial charge in [-0.2, -0.15) is 0 Å². The average molecular weight is 337 g/mol. The van der Waals surface area contributed by atoms with E-state index in [0.717, 1.165) is 12.0 Å². The van der Waals surface area contributed by atoms with Gasteiger partial charge in [0.1, 0.15) is 4.32 Å². The third-order valence-electron chi connectivity index (χ3n) is 3.08. The second-order valence-electron chi connectivity index (χ2n) is 5.29. The molecule has 0 bridgehead atoms. The van der Waals surface area contributed by atoms with Crippen LogP contribution in [0.1, 0.15) is 25.8 Å². The fraction of sp³-hybridized carbons (Fsp3) is 0.375. The standard InChI is InChI=1S/C16H19NO3S2/c1-10(2)6-7-20-12-5-4-11(8-13(12)19-3)9-14-15(18)17-16(21)22-14/h4-5,8-10H,6-7H2,1-3H3,(H,17,18,21)/b14-9+. The van der Waals surface area contributed by atoms with Gasteiger partial charge in [0.2, 0.25) is 0 Å². The quantitative estimate of drug-likeness (QED) is 0.635. The number of ether oxygens (including phenoxy) is 2. The molecule has 1 aliphatic heterocycles. The fourth-order valence-corrected chi connectivity index (χ4v) is 2.91. The number of hydrogen-bond acceptors (Lipinski definition) is 5. The van der Waals surface area contributed by atoms with E-state index in [2.05, 4.69) is 19.2 Å². The molecule has 22 heavy (non-hydrogen) atoms. The summed E-state index contributed by atoms with van der Waals surface area (Å²) in [7, 11) is 1.60. The number of thiocarbonyl (C=S) groups is 1. The van der Waals surface area contributed by atoms with Crippen molar-refractivity contribution in [1.29, 1.82) is 0 Å². The molecule has 1 saturated heterocycles. The Kier molecular flexibility index (Phi) is 5.85. The molecule has 1 heterocycles. The second kappa shape index (κ2) is 7.65. The summed E-state index contributed by atoms with van der Waals surface area (Å²) in [5.41, 5.74) is 0.871. The van der Waals surface area contributed by atoms with Crippen molar-refractivity contribution in [2.45, 2.75) is 20.3 Å². The van der Waals surface area contributed by atoms with Crippen LogP contribution in [0.3, 0.4) is 0 Å². The molecule has 0 spiro atoms. The number of rotatable bonds is 6. The number of hydrogen-bond donors (Lipinski definition) is 1. The summed E-state index contributed by atoms with van der Waals surface area (Å²) < 4.78 is 11.6. The zero-order valence-electron chi connectivity index (χ0n) is 12.8. The lowest BCUT2D eigenvalue weighted by atomic mass is 10.1. The maximum Gasteiger partial charge on any atom is 0.263 e. The van der Waals surface area contributed by atoms with Crippen molar-refractivity contribution in [1.82, 2.24) is 5.32 Å². The molecule has 1 N–H and O–H groups in total. The van der Waals surface area contributed by atoms with Gasteiger partial charge < -0.3 is 14.8 Å². The van der Waals surface area contributed by atoms with Crippen molar-refractivity contribution in [3.8, 4) is 11.5 Å². The van der Waals surface area contributed by atoms with E-state index in [1.54, 1.807) is 13.2 Å². The van der Waals surface area contributed by atoms with Crippen molar-refractivity contribution in [2.75, 3.05) is 13.7 Å². The highest BCUT2D eigenvalue weighted by Crippen LogP contribution is 2.31. The molecule has 1 aromatic rings. The zero-order chi connectivity index (χ0) is 16.1. The van der Waals surface area contributed by atoms with E-state index in [-0.39, 0.29) is 5.91 Å². The van der Waals surface area contributed by atoms with Gasteiger partial charge in [-0.05, 0) is 36.1 Å². The highest BCUT2D eigenvalue weighted by atomic mass is 32.2. The minimum Gasteiger partial charge on any atom is -0.493 e. The average Bonchev–Trinajstić information content (AvgIpc) is 2.77. The Bertz CT molecular complexity index is 611.